The van der Waals surface area contributed by atoms with Gasteiger partial charge >= 0.3 is 148 Å². The molecular weight excluding hydrogens is 1030 g/mol. The molecule has 0 aliphatic carbocycles. The molecule has 318 valence electrons. The Morgan fingerprint density at radius 1 is 0.439 bits per heavy atom. The molecule has 0 aliphatic rings. The van der Waals surface area contributed by atoms with E-state index in [0.717, 1.165) is 72.8 Å². The number of rotatable bonds is 13. The normalized spacial score (nSPS) is 11.3. The quantitative estimate of drug-likeness (QED) is 0.0318. The zero-order valence-electron chi connectivity index (χ0n) is 34.7. The third kappa shape index (κ3) is 16.1. The zero-order valence-corrected chi connectivity index (χ0v) is 48.8. The molecule has 0 aliphatic heterocycles. The molecule has 0 fully saturated rings. The maximum absolute atomic E-state index is 13.7. The molecule has 0 heterocycles. The van der Waals surface area contributed by atoms with Crippen molar-refractivity contribution in [1.82, 2.24) is 0 Å². The predicted molar refractivity (Wildman–Crippen MR) is 205 cm³/mol. The Labute approximate surface area is 490 Å². The maximum atomic E-state index is 13.7. The Bertz CT molecular complexity index is 3300. The van der Waals surface area contributed by atoms with E-state index in [1.54, 1.807) is 0 Å². The van der Waals surface area contributed by atoms with Crippen molar-refractivity contribution in [3.8, 4) is 0 Å². The monoisotopic (exact) mass is 1040 g/mol. The largest absolute Gasteiger partial charge is 1.00 e. The summed E-state index contributed by atoms with van der Waals surface area (Å²) in [6, 6.07) is 17.4. The van der Waals surface area contributed by atoms with Crippen LogP contribution in [0.3, 0.4) is 0 Å². The van der Waals surface area contributed by atoms with Gasteiger partial charge in [-0.1, -0.05) is 12.1 Å². The van der Waals surface area contributed by atoms with Crippen molar-refractivity contribution < 1.29 is 229 Å². The average Bonchev–Trinajstić information content (AvgIpc) is 3.17. The average molecular weight is 1050 g/mol. The first kappa shape index (κ1) is 63.1. The predicted octanol–water partition coefficient (Wildman–Crippen LogP) is -12.4. The standard InChI is InChI=1S/C35H25N3O18S5.5Na/c39-33(36-23-1-5-27(6-2-23)58(43,44)45)20-9-21(34(40)37-24-3-7-29-18(12-24)14-26(57-56-55-42)16-31(29)60(49,50)51)11-22(10-20)35(41)38-25-4-8-30-19(13-25)15-28(59(46,47)48)17-32(30)61(52,53)54;;;;;/h1-17,42H,(H,36,39)(H,37,40)(H,38,41)(H,43,44,45)(H,46,47,48)(H,49,50,51)(H,52,53,54);;;;;/q;5*+1/p-5. The first-order chi connectivity index (χ1) is 28.4. The van der Waals surface area contributed by atoms with Crippen molar-refractivity contribution in [3.05, 3.63) is 120 Å². The van der Waals surface area contributed by atoms with E-state index in [4.69, 9.17) is 0 Å². The van der Waals surface area contributed by atoms with Gasteiger partial charge in [0.25, 0.3) is 17.7 Å². The summed E-state index contributed by atoms with van der Waals surface area (Å²) < 4.78 is 145. The molecular formula is C35H20N3Na5O18S5. The summed E-state index contributed by atoms with van der Waals surface area (Å²) in [5, 5.41) is 20.4. The number of fused-ring (bicyclic) bond motifs is 2. The van der Waals surface area contributed by atoms with E-state index in [-0.39, 0.29) is 220 Å². The Morgan fingerprint density at radius 3 is 1.21 bits per heavy atom. The third-order valence-corrected chi connectivity index (χ3v) is 12.4. The second-order valence-corrected chi connectivity index (χ2v) is 18.7. The number of benzene rings is 6. The number of hydrogen-bond acceptors (Lipinski definition) is 19. The Morgan fingerprint density at radius 2 is 0.818 bits per heavy atom. The molecule has 6 rings (SSSR count). The van der Waals surface area contributed by atoms with Gasteiger partial charge in [0, 0.05) is 38.6 Å². The summed E-state index contributed by atoms with van der Waals surface area (Å²) in [6.07, 6.45) is 0. The van der Waals surface area contributed by atoms with Crippen molar-refractivity contribution in [3.63, 3.8) is 0 Å². The summed E-state index contributed by atoms with van der Waals surface area (Å²) >= 11 is 0.282. The van der Waals surface area contributed by atoms with Crippen LogP contribution >= 0.6 is 12.0 Å². The number of nitrogens with one attached hydrogen (secondary N) is 3. The van der Waals surface area contributed by atoms with Crippen LogP contribution in [0, 0.1) is 0 Å². The van der Waals surface area contributed by atoms with Gasteiger partial charge in [-0.25, -0.2) is 33.7 Å². The van der Waals surface area contributed by atoms with Crippen LogP contribution < -0.4 is 169 Å². The maximum Gasteiger partial charge on any atom is 1.00 e. The van der Waals surface area contributed by atoms with E-state index in [1.165, 1.54) is 24.3 Å². The summed E-state index contributed by atoms with van der Waals surface area (Å²) in [4.78, 5) is 37.5. The number of amides is 3. The molecule has 0 unspecified atom stereocenters. The summed E-state index contributed by atoms with van der Waals surface area (Å²) in [7, 11) is -20.5. The van der Waals surface area contributed by atoms with Gasteiger partial charge in [0.05, 0.1) is 31.6 Å². The van der Waals surface area contributed by atoms with Gasteiger partial charge < -0.3 is 39.4 Å². The fourth-order valence-corrected chi connectivity index (χ4v) is 8.82. The van der Waals surface area contributed by atoms with Crippen LogP contribution in [0.25, 0.3) is 21.5 Å². The van der Waals surface area contributed by atoms with Crippen LogP contribution in [0.15, 0.2) is 128 Å². The van der Waals surface area contributed by atoms with E-state index < -0.39 is 77.8 Å². The Hall–Kier alpha value is -0.880. The van der Waals surface area contributed by atoms with Gasteiger partial charge in [-0.05, 0) is 113 Å². The van der Waals surface area contributed by atoms with Crippen LogP contribution in [-0.4, -0.2) is 69.6 Å². The molecule has 0 atom stereocenters. The summed E-state index contributed by atoms with van der Waals surface area (Å²) in [5.41, 5.74) is -1.27. The minimum atomic E-state index is -5.31. The molecule has 31 heteroatoms. The third-order valence-electron chi connectivity index (χ3n) is 8.40. The van der Waals surface area contributed by atoms with Crippen molar-refractivity contribution in [2.45, 2.75) is 24.5 Å². The van der Waals surface area contributed by atoms with Crippen LogP contribution in [0.1, 0.15) is 31.1 Å². The van der Waals surface area contributed by atoms with E-state index in [0.29, 0.717) is 6.07 Å². The number of carbonyl (C=O) groups is 3. The Kier molecular flexibility index (Phi) is 24.4. The first-order valence-corrected chi connectivity index (χ1v) is 22.6. The van der Waals surface area contributed by atoms with Gasteiger partial charge in [0.2, 0.25) is 0 Å². The fourth-order valence-electron chi connectivity index (χ4n) is 5.77. The topological polar surface area (TPSA) is 358 Å². The van der Waals surface area contributed by atoms with Crippen molar-refractivity contribution in [1.29, 1.82) is 0 Å². The van der Waals surface area contributed by atoms with Gasteiger partial charge in [0.1, 0.15) is 40.5 Å². The molecule has 3 amide bonds. The van der Waals surface area contributed by atoms with Crippen LogP contribution in [0.4, 0.5) is 17.1 Å². The smallest absolute Gasteiger partial charge is 0.744 e. The number of hydrogen-bond donors (Lipinski definition) is 3. The van der Waals surface area contributed by atoms with E-state index in [2.05, 4.69) is 25.3 Å². The van der Waals surface area contributed by atoms with E-state index in [1.807, 2.05) is 0 Å². The van der Waals surface area contributed by atoms with Crippen LogP contribution in [0.5, 0.6) is 0 Å². The van der Waals surface area contributed by atoms with Gasteiger partial charge in [-0.15, -0.1) is 0 Å². The van der Waals surface area contributed by atoms with E-state index >= 15 is 0 Å². The number of carbonyl (C=O) groups excluding carboxylic acids is 3. The van der Waals surface area contributed by atoms with Gasteiger partial charge in [-0.3, -0.25) is 19.4 Å². The molecule has 0 saturated carbocycles. The SMILES string of the molecule is O=C(Nc1ccc(S(=O)(=O)[O-])cc1)c1cc(C(=O)Nc2ccc3c(S(=O)(=O)[O-])cc(SOO[O-])cc3c2)cc(C(=O)Nc2ccc3c(S(=O)(=O)[O-])cc(S(=O)(=O)[O-])cc3c2)c1.[Na+].[Na+].[Na+].[Na+].[Na+]. The van der Waals surface area contributed by atoms with Gasteiger partial charge in [0.15, 0.2) is 0 Å². The van der Waals surface area contributed by atoms with Crippen molar-refractivity contribution in [2.75, 3.05) is 16.0 Å². The fraction of sp³-hybridized carbons (Fsp3) is 0. The summed E-state index contributed by atoms with van der Waals surface area (Å²) in [5.74, 6) is -2.96. The molecule has 3 N–H and O–H groups in total. The van der Waals surface area contributed by atoms with Gasteiger partial charge in [-0.2, -0.15) is 4.33 Å². The molecule has 0 spiro atoms. The molecule has 0 saturated heterocycles. The van der Waals surface area contributed by atoms with E-state index in [9.17, 15) is 71.5 Å². The molecule has 6 aromatic rings. The minimum absolute atomic E-state index is 0. The zero-order chi connectivity index (χ0) is 44.7. The van der Waals surface area contributed by atoms with Crippen LogP contribution in [-0.2, 0) is 49.8 Å². The Balaban J connectivity index is 0.00000436. The molecule has 21 nitrogen and oxygen atoms in total. The second-order valence-electron chi connectivity index (χ2n) is 12.4. The van der Waals surface area contributed by atoms with Crippen molar-refractivity contribution >= 4 is 109 Å². The molecule has 0 bridgehead atoms. The second kappa shape index (κ2) is 25.5. The molecule has 6 aromatic carbocycles. The molecule has 66 heavy (non-hydrogen) atoms. The minimum Gasteiger partial charge on any atom is -0.744 e. The molecule has 0 radical (unpaired) electrons. The summed E-state index contributed by atoms with van der Waals surface area (Å²) in [6.45, 7) is 0. The number of anilines is 3. The molecule has 0 aromatic heterocycles. The first-order valence-electron chi connectivity index (χ1n) is 16.2. The van der Waals surface area contributed by atoms with Crippen molar-refractivity contribution in [2.24, 2.45) is 0 Å². The van der Waals surface area contributed by atoms with Crippen LogP contribution in [0.2, 0.25) is 0 Å².